The first kappa shape index (κ1) is 27.9. The summed E-state index contributed by atoms with van der Waals surface area (Å²) < 4.78 is 21.6. The van der Waals surface area contributed by atoms with Crippen molar-refractivity contribution in [2.24, 2.45) is 0 Å². The van der Waals surface area contributed by atoms with Crippen molar-refractivity contribution in [3.63, 3.8) is 0 Å². The van der Waals surface area contributed by atoms with Gasteiger partial charge in [-0.05, 0) is 67.7 Å². The van der Waals surface area contributed by atoms with Crippen molar-refractivity contribution >= 4 is 35.1 Å². The predicted molar refractivity (Wildman–Crippen MR) is 143 cm³/mol. The van der Waals surface area contributed by atoms with Gasteiger partial charge in [0.2, 0.25) is 0 Å². The first-order chi connectivity index (χ1) is 18.5. The number of thiocarbonyl (C=S) groups is 1. The molecular weight excluding hydrogens is 510 g/mol. The van der Waals surface area contributed by atoms with E-state index in [4.69, 9.17) is 31.2 Å². The fraction of sp³-hybridized carbons (Fsp3) is 0.185. The molecule has 0 heterocycles. The topological polar surface area (TPSA) is 124 Å². The number of ether oxygens (including phenoxy) is 4. The van der Waals surface area contributed by atoms with Crippen molar-refractivity contribution in [1.82, 2.24) is 16.2 Å². The quantitative estimate of drug-likeness (QED) is 0.147. The molecule has 2 amide bonds. The maximum atomic E-state index is 12.7. The Morgan fingerprint density at radius 1 is 0.763 bits per heavy atom. The van der Waals surface area contributed by atoms with Crippen molar-refractivity contribution in [1.29, 1.82) is 0 Å². The molecule has 0 bridgehead atoms. The Morgan fingerprint density at radius 3 is 2.16 bits per heavy atom. The molecule has 0 aliphatic rings. The third-order valence-corrected chi connectivity index (χ3v) is 4.97. The van der Waals surface area contributed by atoms with Crippen molar-refractivity contribution in [2.45, 2.75) is 6.92 Å². The average molecular weight is 538 g/mol. The molecule has 0 aromatic heterocycles. The minimum atomic E-state index is -0.543. The highest BCUT2D eigenvalue weighted by atomic mass is 32.1. The zero-order chi connectivity index (χ0) is 27.2. The van der Waals surface area contributed by atoms with E-state index >= 15 is 0 Å². The Hall–Kier alpha value is -4.64. The van der Waals surface area contributed by atoms with Crippen LogP contribution in [0, 0.1) is 0 Å². The summed E-state index contributed by atoms with van der Waals surface area (Å²) in [6.07, 6.45) is 0. The highest BCUT2D eigenvalue weighted by Crippen LogP contribution is 2.18. The summed E-state index contributed by atoms with van der Waals surface area (Å²) in [6.45, 7) is 2.19. The van der Waals surface area contributed by atoms with E-state index in [2.05, 4.69) is 16.2 Å². The zero-order valence-corrected chi connectivity index (χ0v) is 21.4. The van der Waals surface area contributed by atoms with E-state index in [1.807, 2.05) is 30.3 Å². The van der Waals surface area contributed by atoms with Crippen molar-refractivity contribution in [2.75, 3.05) is 26.4 Å². The highest BCUT2D eigenvalue weighted by Gasteiger charge is 2.14. The fourth-order valence-corrected chi connectivity index (χ4v) is 3.17. The van der Waals surface area contributed by atoms with Gasteiger partial charge in [-0.3, -0.25) is 25.8 Å². The zero-order valence-electron chi connectivity index (χ0n) is 20.6. The number of carbonyl (C=O) groups excluding carboxylic acids is 3. The molecule has 0 unspecified atom stereocenters. The number of para-hydroxylation sites is 2. The second-order valence-electron chi connectivity index (χ2n) is 7.50. The molecule has 0 radical (unpaired) electrons. The van der Waals surface area contributed by atoms with Crippen LogP contribution in [0.4, 0.5) is 0 Å². The summed E-state index contributed by atoms with van der Waals surface area (Å²) in [5.41, 5.74) is 5.42. The molecule has 0 aliphatic carbocycles. The number of rotatable bonds is 11. The van der Waals surface area contributed by atoms with Gasteiger partial charge in [-0.1, -0.05) is 30.3 Å². The normalized spacial score (nSPS) is 10.0. The monoisotopic (exact) mass is 537 g/mol. The SMILES string of the molecule is CCOC(=O)c1ccc(OCC(=O)NNC(=S)NC(=O)c2ccccc2OCCOc2ccccc2)cc1. The molecule has 0 spiro atoms. The first-order valence-corrected chi connectivity index (χ1v) is 12.1. The van der Waals surface area contributed by atoms with Gasteiger partial charge in [-0.25, -0.2) is 4.79 Å². The maximum Gasteiger partial charge on any atom is 0.338 e. The number of esters is 1. The van der Waals surface area contributed by atoms with Crippen molar-refractivity contribution < 1.29 is 33.3 Å². The molecule has 0 fully saturated rings. The average Bonchev–Trinajstić information content (AvgIpc) is 2.94. The predicted octanol–water partition coefficient (Wildman–Crippen LogP) is 3.04. The van der Waals surface area contributed by atoms with E-state index in [9.17, 15) is 14.4 Å². The molecule has 3 N–H and O–H groups in total. The Labute approximate surface area is 225 Å². The van der Waals surface area contributed by atoms with E-state index in [0.717, 1.165) is 5.75 Å². The van der Waals surface area contributed by atoms with Gasteiger partial charge in [0.05, 0.1) is 17.7 Å². The lowest BCUT2D eigenvalue weighted by Gasteiger charge is -2.14. The highest BCUT2D eigenvalue weighted by molar-refractivity contribution is 7.80. The van der Waals surface area contributed by atoms with Gasteiger partial charge in [-0.15, -0.1) is 0 Å². The maximum absolute atomic E-state index is 12.7. The summed E-state index contributed by atoms with van der Waals surface area (Å²) in [5, 5.41) is 2.36. The van der Waals surface area contributed by atoms with Crippen LogP contribution in [-0.4, -0.2) is 49.3 Å². The largest absolute Gasteiger partial charge is 0.490 e. The first-order valence-electron chi connectivity index (χ1n) is 11.7. The number of carbonyl (C=O) groups is 3. The number of hydrogen-bond acceptors (Lipinski definition) is 8. The molecule has 0 aliphatic heterocycles. The molecule has 0 saturated heterocycles. The Balaban J connectivity index is 1.39. The summed E-state index contributed by atoms with van der Waals surface area (Å²) in [7, 11) is 0. The van der Waals surface area contributed by atoms with Crippen LogP contribution in [0.15, 0.2) is 78.9 Å². The number of hydrogen-bond donors (Lipinski definition) is 3. The molecule has 3 aromatic carbocycles. The number of amides is 2. The van der Waals surface area contributed by atoms with Gasteiger partial charge in [0.1, 0.15) is 30.5 Å². The van der Waals surface area contributed by atoms with E-state index < -0.39 is 17.8 Å². The number of benzene rings is 3. The molecule has 10 nitrogen and oxygen atoms in total. The van der Waals surface area contributed by atoms with Gasteiger partial charge < -0.3 is 18.9 Å². The second-order valence-corrected chi connectivity index (χ2v) is 7.90. The van der Waals surface area contributed by atoms with E-state index in [-0.39, 0.29) is 30.5 Å². The third kappa shape index (κ3) is 9.10. The number of hydrazine groups is 1. The van der Waals surface area contributed by atoms with Crippen LogP contribution in [0.1, 0.15) is 27.6 Å². The minimum absolute atomic E-state index is 0.121. The van der Waals surface area contributed by atoms with Crippen LogP contribution in [0.5, 0.6) is 17.2 Å². The molecule has 198 valence electrons. The van der Waals surface area contributed by atoms with Gasteiger partial charge in [0.15, 0.2) is 11.7 Å². The van der Waals surface area contributed by atoms with Gasteiger partial charge in [0.25, 0.3) is 11.8 Å². The number of nitrogens with one attached hydrogen (secondary N) is 3. The molecule has 0 atom stereocenters. The molecule has 38 heavy (non-hydrogen) atoms. The molecule has 3 aromatic rings. The molecule has 0 saturated carbocycles. The minimum Gasteiger partial charge on any atom is -0.490 e. The standard InChI is InChI=1S/C27H27N3O7S/c1-2-34-26(33)19-12-14-21(15-13-19)37-18-24(31)29-30-27(38)28-25(32)22-10-6-7-11-23(22)36-17-16-35-20-8-4-3-5-9-20/h3-15H,2,16-18H2,1H3,(H,29,31)(H2,28,30,32,38). The van der Waals surface area contributed by atoms with Gasteiger partial charge >= 0.3 is 5.97 Å². The van der Waals surface area contributed by atoms with Crippen LogP contribution in [-0.2, 0) is 9.53 Å². The fourth-order valence-electron chi connectivity index (χ4n) is 3.02. The Kier molecular flexibility index (Phi) is 10.9. The van der Waals surface area contributed by atoms with Gasteiger partial charge in [0, 0.05) is 0 Å². The smallest absolute Gasteiger partial charge is 0.338 e. The van der Waals surface area contributed by atoms with Crippen LogP contribution in [0.25, 0.3) is 0 Å². The Bertz CT molecular complexity index is 1240. The second kappa shape index (κ2) is 14.8. The van der Waals surface area contributed by atoms with Crippen LogP contribution < -0.4 is 30.4 Å². The van der Waals surface area contributed by atoms with Crippen molar-refractivity contribution in [3.8, 4) is 17.2 Å². The summed E-state index contributed by atoms with van der Waals surface area (Å²) in [5.74, 6) is -0.0427. The van der Waals surface area contributed by atoms with Gasteiger partial charge in [-0.2, -0.15) is 0 Å². The lowest BCUT2D eigenvalue weighted by atomic mass is 10.2. The summed E-state index contributed by atoms with van der Waals surface area (Å²) >= 11 is 5.09. The van der Waals surface area contributed by atoms with Crippen molar-refractivity contribution in [3.05, 3.63) is 90.0 Å². The molecular formula is C27H27N3O7S. The van der Waals surface area contributed by atoms with Crippen LogP contribution >= 0.6 is 12.2 Å². The molecule has 11 heteroatoms. The van der Waals surface area contributed by atoms with E-state index in [0.29, 0.717) is 23.7 Å². The van der Waals surface area contributed by atoms with Crippen LogP contribution in [0.3, 0.4) is 0 Å². The van der Waals surface area contributed by atoms with E-state index in [1.54, 1.807) is 43.3 Å². The Morgan fingerprint density at radius 2 is 1.42 bits per heavy atom. The van der Waals surface area contributed by atoms with Crippen LogP contribution in [0.2, 0.25) is 0 Å². The molecule has 3 rings (SSSR count). The summed E-state index contributed by atoms with van der Waals surface area (Å²) in [4.78, 5) is 36.4. The van der Waals surface area contributed by atoms with E-state index in [1.165, 1.54) is 12.1 Å². The third-order valence-electron chi connectivity index (χ3n) is 4.76. The summed E-state index contributed by atoms with van der Waals surface area (Å²) in [6, 6.07) is 22.2. The lowest BCUT2D eigenvalue weighted by Crippen LogP contribution is -2.49. The lowest BCUT2D eigenvalue weighted by molar-refractivity contribution is -0.123.